The zero-order valence-corrected chi connectivity index (χ0v) is 14.5. The van der Waals surface area contributed by atoms with Crippen LogP contribution in [0.15, 0.2) is 24.4 Å². The molecule has 0 radical (unpaired) electrons. The molecule has 2 rings (SSSR count). The molecule has 0 aromatic carbocycles. The van der Waals surface area contributed by atoms with Crippen LogP contribution in [0.3, 0.4) is 0 Å². The fraction of sp³-hybridized carbons (Fsp3) is 0.667. The quantitative estimate of drug-likeness (QED) is 0.848. The van der Waals surface area contributed by atoms with Crippen molar-refractivity contribution in [1.29, 1.82) is 0 Å². The highest BCUT2D eigenvalue weighted by atomic mass is 16.6. The summed E-state index contributed by atoms with van der Waals surface area (Å²) in [7, 11) is 0. The maximum absolute atomic E-state index is 12.3. The molecule has 1 aliphatic rings. The number of rotatable bonds is 5. The summed E-state index contributed by atoms with van der Waals surface area (Å²) in [4.78, 5) is 18.6. The standard InChI is InChI=1S/C18H29N3O2/c1-18(2,3)23-17(22)21-13-7-5-9-16(21)14-19-12-10-15-8-4-6-11-20-15/h4,6,8,11,16,19H,5,7,9-10,12-14H2,1-3H3. The SMILES string of the molecule is CC(C)(C)OC(=O)N1CCCCC1CNCCc1ccccn1. The Kier molecular flexibility index (Phi) is 6.39. The number of carbonyl (C=O) groups excluding carboxylic acids is 1. The number of nitrogens with one attached hydrogen (secondary N) is 1. The van der Waals surface area contributed by atoms with E-state index in [1.54, 1.807) is 0 Å². The number of piperidine rings is 1. The van der Waals surface area contributed by atoms with Gasteiger partial charge in [0.15, 0.2) is 0 Å². The van der Waals surface area contributed by atoms with Crippen molar-refractivity contribution in [3.63, 3.8) is 0 Å². The summed E-state index contributed by atoms with van der Waals surface area (Å²) in [5, 5.41) is 3.46. The molecule has 1 atom stereocenters. The van der Waals surface area contributed by atoms with Crippen LogP contribution in [0, 0.1) is 0 Å². The molecule has 2 heterocycles. The fourth-order valence-corrected chi connectivity index (χ4v) is 2.80. The summed E-state index contributed by atoms with van der Waals surface area (Å²) in [6, 6.07) is 6.20. The van der Waals surface area contributed by atoms with Gasteiger partial charge in [0.05, 0.1) is 0 Å². The fourth-order valence-electron chi connectivity index (χ4n) is 2.80. The zero-order valence-electron chi connectivity index (χ0n) is 14.5. The minimum atomic E-state index is -0.439. The van der Waals surface area contributed by atoms with E-state index in [-0.39, 0.29) is 12.1 Å². The molecule has 1 N–H and O–H groups in total. The Hall–Kier alpha value is -1.62. The van der Waals surface area contributed by atoms with Crippen molar-refractivity contribution >= 4 is 6.09 Å². The van der Waals surface area contributed by atoms with Crippen LogP contribution in [-0.2, 0) is 11.2 Å². The molecule has 0 aliphatic carbocycles. The number of pyridine rings is 1. The van der Waals surface area contributed by atoms with Crippen molar-refractivity contribution in [2.24, 2.45) is 0 Å². The molecule has 1 aromatic heterocycles. The summed E-state index contributed by atoms with van der Waals surface area (Å²) in [5.41, 5.74) is 0.651. The van der Waals surface area contributed by atoms with E-state index < -0.39 is 5.60 Å². The average Bonchev–Trinajstić information content (AvgIpc) is 2.51. The summed E-state index contributed by atoms with van der Waals surface area (Å²) in [6.45, 7) is 8.21. The van der Waals surface area contributed by atoms with Crippen molar-refractivity contribution in [3.8, 4) is 0 Å². The lowest BCUT2D eigenvalue weighted by Gasteiger charge is -2.37. The van der Waals surface area contributed by atoms with Gasteiger partial charge < -0.3 is 15.0 Å². The monoisotopic (exact) mass is 319 g/mol. The number of aromatic nitrogens is 1. The number of likely N-dealkylation sites (tertiary alicyclic amines) is 1. The van der Waals surface area contributed by atoms with Crippen molar-refractivity contribution < 1.29 is 9.53 Å². The van der Waals surface area contributed by atoms with Gasteiger partial charge in [-0.15, -0.1) is 0 Å². The van der Waals surface area contributed by atoms with Gasteiger partial charge in [-0.1, -0.05) is 6.07 Å². The van der Waals surface area contributed by atoms with Crippen LogP contribution in [0.5, 0.6) is 0 Å². The summed E-state index contributed by atoms with van der Waals surface area (Å²) >= 11 is 0. The van der Waals surface area contributed by atoms with E-state index in [0.29, 0.717) is 0 Å². The van der Waals surface area contributed by atoms with Crippen molar-refractivity contribution in [1.82, 2.24) is 15.2 Å². The normalized spacial score (nSPS) is 18.7. The van der Waals surface area contributed by atoms with Crippen molar-refractivity contribution in [2.75, 3.05) is 19.6 Å². The second kappa shape index (κ2) is 8.29. The topological polar surface area (TPSA) is 54.5 Å². The van der Waals surface area contributed by atoms with Gasteiger partial charge >= 0.3 is 6.09 Å². The van der Waals surface area contributed by atoms with Crippen LogP contribution in [0.1, 0.15) is 45.7 Å². The van der Waals surface area contributed by atoms with Gasteiger partial charge in [-0.2, -0.15) is 0 Å². The summed E-state index contributed by atoms with van der Waals surface area (Å²) < 4.78 is 5.53. The number of ether oxygens (including phenoxy) is 1. The number of nitrogens with zero attached hydrogens (tertiary/aromatic N) is 2. The van der Waals surface area contributed by atoms with E-state index in [0.717, 1.165) is 44.6 Å². The Morgan fingerprint density at radius 2 is 2.22 bits per heavy atom. The molecule has 5 heteroatoms. The first-order chi connectivity index (χ1) is 11.0. The Morgan fingerprint density at radius 3 is 2.91 bits per heavy atom. The highest BCUT2D eigenvalue weighted by Gasteiger charge is 2.29. The first-order valence-electron chi connectivity index (χ1n) is 8.56. The van der Waals surface area contributed by atoms with Crippen molar-refractivity contribution in [3.05, 3.63) is 30.1 Å². The van der Waals surface area contributed by atoms with Gasteiger partial charge in [0.2, 0.25) is 0 Å². The smallest absolute Gasteiger partial charge is 0.410 e. The van der Waals surface area contributed by atoms with Crippen LogP contribution >= 0.6 is 0 Å². The second-order valence-electron chi connectivity index (χ2n) is 7.10. The summed E-state index contributed by atoms with van der Waals surface area (Å²) in [6.07, 6.45) is 5.81. The lowest BCUT2D eigenvalue weighted by molar-refractivity contribution is 0.00999. The van der Waals surface area contributed by atoms with Crippen LogP contribution in [-0.4, -0.2) is 47.3 Å². The molecule has 128 valence electrons. The third-order valence-electron chi connectivity index (χ3n) is 3.92. The van der Waals surface area contributed by atoms with E-state index in [4.69, 9.17) is 4.74 Å². The molecule has 5 nitrogen and oxygen atoms in total. The number of hydrogen-bond donors (Lipinski definition) is 1. The Balaban J connectivity index is 1.78. The number of carbonyl (C=O) groups is 1. The van der Waals surface area contributed by atoms with Gasteiger partial charge in [0.25, 0.3) is 0 Å². The zero-order chi connectivity index (χ0) is 16.7. The third-order valence-corrected chi connectivity index (χ3v) is 3.92. The van der Waals surface area contributed by atoms with Crippen LogP contribution < -0.4 is 5.32 Å². The van der Waals surface area contributed by atoms with E-state index in [1.807, 2.05) is 50.1 Å². The molecule has 23 heavy (non-hydrogen) atoms. The molecular weight excluding hydrogens is 290 g/mol. The second-order valence-corrected chi connectivity index (χ2v) is 7.10. The van der Waals surface area contributed by atoms with E-state index in [1.165, 1.54) is 6.42 Å². The van der Waals surface area contributed by atoms with E-state index >= 15 is 0 Å². The lowest BCUT2D eigenvalue weighted by Crippen LogP contribution is -2.50. The highest BCUT2D eigenvalue weighted by molar-refractivity contribution is 5.68. The molecule has 0 saturated carbocycles. The van der Waals surface area contributed by atoms with Crippen molar-refractivity contribution in [2.45, 2.75) is 58.1 Å². The Morgan fingerprint density at radius 1 is 1.39 bits per heavy atom. The molecular formula is C18H29N3O2. The number of amides is 1. The minimum Gasteiger partial charge on any atom is -0.444 e. The minimum absolute atomic E-state index is 0.186. The molecule has 0 bridgehead atoms. The molecule has 1 fully saturated rings. The molecule has 1 saturated heterocycles. The highest BCUT2D eigenvalue weighted by Crippen LogP contribution is 2.20. The first-order valence-corrected chi connectivity index (χ1v) is 8.56. The van der Waals surface area contributed by atoms with Gasteiger partial charge in [-0.25, -0.2) is 4.79 Å². The maximum Gasteiger partial charge on any atom is 0.410 e. The number of hydrogen-bond acceptors (Lipinski definition) is 4. The average molecular weight is 319 g/mol. The molecule has 1 amide bonds. The van der Waals surface area contributed by atoms with Crippen LogP contribution in [0.2, 0.25) is 0 Å². The van der Waals surface area contributed by atoms with Gasteiger partial charge in [0, 0.05) is 44.0 Å². The third kappa shape index (κ3) is 6.18. The first kappa shape index (κ1) is 17.7. The lowest BCUT2D eigenvalue weighted by atomic mass is 10.0. The maximum atomic E-state index is 12.3. The largest absolute Gasteiger partial charge is 0.444 e. The predicted molar refractivity (Wildman–Crippen MR) is 91.4 cm³/mol. The van der Waals surface area contributed by atoms with Gasteiger partial charge in [0.1, 0.15) is 5.60 Å². The molecule has 0 spiro atoms. The van der Waals surface area contributed by atoms with Crippen LogP contribution in [0.4, 0.5) is 4.79 Å². The molecule has 1 unspecified atom stereocenters. The van der Waals surface area contributed by atoms with Gasteiger partial charge in [-0.05, 0) is 52.2 Å². The molecule has 1 aliphatic heterocycles. The van der Waals surface area contributed by atoms with Crippen LogP contribution in [0.25, 0.3) is 0 Å². The Bertz CT molecular complexity index is 485. The van der Waals surface area contributed by atoms with E-state index in [2.05, 4.69) is 10.3 Å². The van der Waals surface area contributed by atoms with E-state index in [9.17, 15) is 4.79 Å². The Labute approximate surface area is 139 Å². The summed E-state index contributed by atoms with van der Waals surface area (Å²) in [5.74, 6) is 0. The predicted octanol–water partition coefficient (Wildman–Crippen LogP) is 3.00. The molecule has 1 aromatic rings. The van der Waals surface area contributed by atoms with Gasteiger partial charge in [-0.3, -0.25) is 4.98 Å².